The zero-order valence-corrected chi connectivity index (χ0v) is 8.94. The topological polar surface area (TPSA) is 69.6 Å². The molecule has 86 valence electrons. The number of carbonyl (C=O) groups is 1. The van der Waals surface area contributed by atoms with E-state index in [1.54, 1.807) is 0 Å². The average Bonchev–Trinajstić information content (AvgIpc) is 2.66. The van der Waals surface area contributed by atoms with E-state index in [1.807, 2.05) is 24.3 Å². The van der Waals surface area contributed by atoms with E-state index >= 15 is 0 Å². The van der Waals surface area contributed by atoms with Crippen LogP contribution in [0.2, 0.25) is 0 Å². The fourth-order valence-electron chi connectivity index (χ4n) is 2.26. The van der Waals surface area contributed by atoms with Crippen molar-refractivity contribution in [2.24, 2.45) is 0 Å². The van der Waals surface area contributed by atoms with Gasteiger partial charge in [-0.1, -0.05) is 24.3 Å². The largest absolute Gasteiger partial charge is 0.480 e. The van der Waals surface area contributed by atoms with Crippen LogP contribution in [0, 0.1) is 0 Å². The van der Waals surface area contributed by atoms with Crippen molar-refractivity contribution >= 4 is 5.97 Å². The van der Waals surface area contributed by atoms with E-state index in [0.717, 1.165) is 11.1 Å². The third kappa shape index (κ3) is 1.81. The summed E-state index contributed by atoms with van der Waals surface area (Å²) in [6, 6.07) is 7.76. The zero-order chi connectivity index (χ0) is 11.6. The first-order chi connectivity index (χ1) is 7.68. The molecule has 1 aliphatic carbocycles. The molecule has 0 fully saturated rings. The average molecular weight is 221 g/mol. The van der Waals surface area contributed by atoms with Crippen LogP contribution >= 0.6 is 0 Å². The molecular weight excluding hydrogens is 206 g/mol. The minimum absolute atomic E-state index is 0.0502. The van der Waals surface area contributed by atoms with Crippen LogP contribution in [0.3, 0.4) is 0 Å². The van der Waals surface area contributed by atoms with Gasteiger partial charge >= 0.3 is 5.97 Å². The lowest BCUT2D eigenvalue weighted by Gasteiger charge is -2.25. The lowest BCUT2D eigenvalue weighted by atomic mass is 9.96. The number of hydrogen-bond donors (Lipinski definition) is 3. The molecule has 0 saturated heterocycles. The fourth-order valence-corrected chi connectivity index (χ4v) is 2.26. The number of β-amino-alcohol motifs (C(OH)–C–C–N with tert-alkyl or cyclic N) is 1. The Bertz CT molecular complexity index is 378. The fraction of sp³-hybridized carbons (Fsp3) is 0.417. The standard InChI is InChI=1S/C12H15NO3/c14-6-5-13-12(11(15)16)7-9-3-1-2-4-10(9)8-12/h1-4,13-14H,5-8H2,(H,15,16). The number of carboxylic acids is 1. The second-order valence-corrected chi connectivity index (χ2v) is 4.16. The molecule has 2 rings (SSSR count). The highest BCUT2D eigenvalue weighted by Crippen LogP contribution is 2.30. The van der Waals surface area contributed by atoms with Gasteiger partial charge in [-0.15, -0.1) is 0 Å². The molecule has 0 spiro atoms. The van der Waals surface area contributed by atoms with Gasteiger partial charge in [-0.2, -0.15) is 0 Å². The SMILES string of the molecule is O=C(O)C1(NCCO)Cc2ccccc2C1. The smallest absolute Gasteiger partial charge is 0.324 e. The molecule has 1 aromatic carbocycles. The zero-order valence-electron chi connectivity index (χ0n) is 8.94. The summed E-state index contributed by atoms with van der Waals surface area (Å²) in [7, 11) is 0. The van der Waals surface area contributed by atoms with Crippen LogP contribution in [0.4, 0.5) is 0 Å². The molecule has 16 heavy (non-hydrogen) atoms. The Balaban J connectivity index is 2.24. The quantitative estimate of drug-likeness (QED) is 0.679. The number of carboxylic acid groups (broad SMARTS) is 1. The highest BCUT2D eigenvalue weighted by molar-refractivity contribution is 5.81. The molecule has 0 heterocycles. The number of nitrogens with one attached hydrogen (secondary N) is 1. The molecular formula is C12H15NO3. The Kier molecular flexibility index (Phi) is 2.94. The van der Waals surface area contributed by atoms with Crippen molar-refractivity contribution in [3.05, 3.63) is 35.4 Å². The second-order valence-electron chi connectivity index (χ2n) is 4.16. The molecule has 0 atom stereocenters. The first-order valence-electron chi connectivity index (χ1n) is 5.34. The highest BCUT2D eigenvalue weighted by Gasteiger charge is 2.43. The number of rotatable bonds is 4. The Morgan fingerprint density at radius 3 is 2.31 bits per heavy atom. The predicted octanol–water partition coefficient (Wildman–Crippen LogP) is 0.190. The van der Waals surface area contributed by atoms with Crippen molar-refractivity contribution in [1.82, 2.24) is 5.32 Å². The molecule has 0 saturated carbocycles. The van der Waals surface area contributed by atoms with Crippen molar-refractivity contribution in [2.45, 2.75) is 18.4 Å². The van der Waals surface area contributed by atoms with E-state index in [4.69, 9.17) is 5.11 Å². The number of hydrogen-bond acceptors (Lipinski definition) is 3. The van der Waals surface area contributed by atoms with Crippen LogP contribution in [-0.2, 0) is 17.6 Å². The van der Waals surface area contributed by atoms with Gasteiger partial charge in [0.2, 0.25) is 0 Å². The van der Waals surface area contributed by atoms with Gasteiger partial charge in [0.05, 0.1) is 6.61 Å². The normalized spacial score (nSPS) is 17.1. The summed E-state index contributed by atoms with van der Waals surface area (Å²) >= 11 is 0. The van der Waals surface area contributed by atoms with Crippen LogP contribution in [-0.4, -0.2) is 34.9 Å². The van der Waals surface area contributed by atoms with Crippen molar-refractivity contribution in [3.8, 4) is 0 Å². The van der Waals surface area contributed by atoms with Crippen LogP contribution < -0.4 is 5.32 Å². The maximum Gasteiger partial charge on any atom is 0.324 e. The third-order valence-electron chi connectivity index (χ3n) is 3.09. The van der Waals surface area contributed by atoms with Crippen molar-refractivity contribution in [3.63, 3.8) is 0 Å². The van der Waals surface area contributed by atoms with Gasteiger partial charge in [-0.25, -0.2) is 0 Å². The van der Waals surface area contributed by atoms with E-state index in [9.17, 15) is 9.90 Å². The Morgan fingerprint density at radius 1 is 1.31 bits per heavy atom. The lowest BCUT2D eigenvalue weighted by molar-refractivity contribution is -0.144. The van der Waals surface area contributed by atoms with Crippen molar-refractivity contribution < 1.29 is 15.0 Å². The van der Waals surface area contributed by atoms with E-state index in [-0.39, 0.29) is 6.61 Å². The molecule has 4 heteroatoms. The summed E-state index contributed by atoms with van der Waals surface area (Å²) < 4.78 is 0. The summed E-state index contributed by atoms with van der Waals surface area (Å²) in [5.74, 6) is -0.850. The first-order valence-corrected chi connectivity index (χ1v) is 5.34. The number of benzene rings is 1. The minimum atomic E-state index is -0.938. The summed E-state index contributed by atoms with van der Waals surface area (Å²) in [4.78, 5) is 11.4. The highest BCUT2D eigenvalue weighted by atomic mass is 16.4. The number of aliphatic hydroxyl groups excluding tert-OH is 1. The summed E-state index contributed by atoms with van der Waals surface area (Å²) in [5.41, 5.74) is 1.22. The Labute approximate surface area is 93.9 Å². The van der Waals surface area contributed by atoms with E-state index in [0.29, 0.717) is 19.4 Å². The van der Waals surface area contributed by atoms with Gasteiger partial charge in [0, 0.05) is 19.4 Å². The molecule has 3 N–H and O–H groups in total. The lowest BCUT2D eigenvalue weighted by Crippen LogP contribution is -2.53. The predicted molar refractivity (Wildman–Crippen MR) is 59.3 cm³/mol. The minimum Gasteiger partial charge on any atom is -0.480 e. The molecule has 0 radical (unpaired) electrons. The summed E-state index contributed by atoms with van der Waals surface area (Å²) in [6.45, 7) is 0.256. The molecule has 4 nitrogen and oxygen atoms in total. The summed E-state index contributed by atoms with van der Waals surface area (Å²) in [5, 5.41) is 21.0. The number of fused-ring (bicyclic) bond motifs is 1. The van der Waals surface area contributed by atoms with Crippen LogP contribution in [0.15, 0.2) is 24.3 Å². The van der Waals surface area contributed by atoms with Gasteiger partial charge < -0.3 is 10.2 Å². The van der Waals surface area contributed by atoms with E-state index < -0.39 is 11.5 Å². The van der Waals surface area contributed by atoms with E-state index in [1.165, 1.54) is 0 Å². The molecule has 0 amide bonds. The van der Waals surface area contributed by atoms with Crippen LogP contribution in [0.1, 0.15) is 11.1 Å². The molecule has 0 aromatic heterocycles. The van der Waals surface area contributed by atoms with Gasteiger partial charge in [0.25, 0.3) is 0 Å². The maximum atomic E-state index is 11.4. The van der Waals surface area contributed by atoms with Crippen molar-refractivity contribution in [2.75, 3.05) is 13.2 Å². The first kappa shape index (κ1) is 11.1. The monoisotopic (exact) mass is 221 g/mol. The van der Waals surface area contributed by atoms with Gasteiger partial charge in [-0.05, 0) is 11.1 Å². The van der Waals surface area contributed by atoms with Gasteiger partial charge in [-0.3, -0.25) is 10.1 Å². The molecule has 0 bridgehead atoms. The summed E-state index contributed by atoms with van der Waals surface area (Å²) in [6.07, 6.45) is 0.969. The van der Waals surface area contributed by atoms with Crippen LogP contribution in [0.25, 0.3) is 0 Å². The Hall–Kier alpha value is -1.39. The van der Waals surface area contributed by atoms with Crippen molar-refractivity contribution in [1.29, 1.82) is 0 Å². The van der Waals surface area contributed by atoms with Crippen LogP contribution in [0.5, 0.6) is 0 Å². The Morgan fingerprint density at radius 2 is 1.88 bits per heavy atom. The molecule has 0 aliphatic heterocycles. The number of aliphatic hydroxyl groups is 1. The van der Waals surface area contributed by atoms with E-state index in [2.05, 4.69) is 5.32 Å². The molecule has 1 aliphatic rings. The second kappa shape index (κ2) is 4.23. The third-order valence-corrected chi connectivity index (χ3v) is 3.09. The van der Waals surface area contributed by atoms with Gasteiger partial charge in [0.1, 0.15) is 5.54 Å². The van der Waals surface area contributed by atoms with Gasteiger partial charge in [0.15, 0.2) is 0 Å². The molecule has 0 unspecified atom stereocenters. The molecule has 1 aromatic rings. The maximum absolute atomic E-state index is 11.4. The number of aliphatic carboxylic acids is 1.